The van der Waals surface area contributed by atoms with E-state index in [1.807, 2.05) is 55.5 Å². The van der Waals surface area contributed by atoms with E-state index < -0.39 is 0 Å². The van der Waals surface area contributed by atoms with Crippen LogP contribution in [-0.4, -0.2) is 46.9 Å². The fourth-order valence-electron chi connectivity index (χ4n) is 5.55. The van der Waals surface area contributed by atoms with Crippen molar-refractivity contribution >= 4 is 17.8 Å². The van der Waals surface area contributed by atoms with Gasteiger partial charge in [-0.15, -0.1) is 0 Å². The van der Waals surface area contributed by atoms with Gasteiger partial charge in [0.05, 0.1) is 18.5 Å². The number of anilines is 1. The van der Waals surface area contributed by atoms with E-state index in [1.54, 1.807) is 24.0 Å². The summed E-state index contributed by atoms with van der Waals surface area (Å²) in [7, 11) is 3.02. The Kier molecular flexibility index (Phi) is 7.82. The number of methoxy groups -OCH3 is 1. The highest BCUT2D eigenvalue weighted by Crippen LogP contribution is 2.38. The highest BCUT2D eigenvalue weighted by atomic mass is 16.5. The number of pyridine rings is 1. The molecule has 4 aromatic rings. The van der Waals surface area contributed by atoms with Crippen LogP contribution in [0.2, 0.25) is 0 Å². The molecule has 206 valence electrons. The highest BCUT2D eigenvalue weighted by molar-refractivity contribution is 5.97. The van der Waals surface area contributed by atoms with Gasteiger partial charge in [0.2, 0.25) is 5.88 Å². The quantitative estimate of drug-likeness (QED) is 0.295. The molecule has 9 heteroatoms. The number of urea groups is 1. The van der Waals surface area contributed by atoms with E-state index in [9.17, 15) is 9.59 Å². The maximum Gasteiger partial charge on any atom is 0.320 e. The van der Waals surface area contributed by atoms with E-state index in [-0.39, 0.29) is 29.8 Å². The number of carbonyl (C=O) groups is 2. The molecular weight excluding hydrogens is 504 g/mol. The molecule has 2 aromatic carbocycles. The van der Waals surface area contributed by atoms with Crippen LogP contribution >= 0.6 is 0 Å². The Morgan fingerprint density at radius 1 is 1.02 bits per heavy atom. The molecule has 3 amide bonds. The van der Waals surface area contributed by atoms with Crippen molar-refractivity contribution in [1.29, 1.82) is 0 Å². The van der Waals surface area contributed by atoms with Crippen molar-refractivity contribution in [2.75, 3.05) is 19.5 Å². The second-order valence-electron chi connectivity index (χ2n) is 10.2. The third-order valence-electron chi connectivity index (χ3n) is 7.49. The molecule has 0 aliphatic heterocycles. The van der Waals surface area contributed by atoms with Gasteiger partial charge >= 0.3 is 6.03 Å². The van der Waals surface area contributed by atoms with Gasteiger partial charge in [0.15, 0.2) is 0 Å². The number of nitrogens with one attached hydrogen (secondary N) is 3. The minimum absolute atomic E-state index is 0.0196. The van der Waals surface area contributed by atoms with E-state index in [4.69, 9.17) is 9.84 Å². The molecular formula is C31H34N6O3. The van der Waals surface area contributed by atoms with Crippen LogP contribution in [0.4, 0.5) is 10.6 Å². The highest BCUT2D eigenvalue weighted by Gasteiger charge is 2.34. The summed E-state index contributed by atoms with van der Waals surface area (Å²) in [6, 6.07) is 21.4. The molecule has 0 unspecified atom stereocenters. The first-order chi connectivity index (χ1) is 19.4. The van der Waals surface area contributed by atoms with Crippen molar-refractivity contribution in [3.05, 3.63) is 89.6 Å². The van der Waals surface area contributed by atoms with Gasteiger partial charge in [0.25, 0.3) is 5.91 Å². The summed E-state index contributed by atoms with van der Waals surface area (Å²) in [4.78, 5) is 30.3. The SMILES string of the molecule is CNC(=O)c1cc(-c2nn(-c3ccccc3)c(NC(=O)N[C@@H]3C[C@@H](C)C[C@H]3c3ccccc3)c2C)cnc1OC. The van der Waals surface area contributed by atoms with Crippen LogP contribution in [0.1, 0.15) is 47.2 Å². The van der Waals surface area contributed by atoms with Crippen molar-refractivity contribution in [2.24, 2.45) is 5.92 Å². The minimum atomic E-state index is -0.317. The molecule has 1 saturated carbocycles. The molecule has 1 fully saturated rings. The van der Waals surface area contributed by atoms with Crippen LogP contribution in [0, 0.1) is 12.8 Å². The summed E-state index contributed by atoms with van der Waals surface area (Å²) in [5.74, 6) is 1.21. The minimum Gasteiger partial charge on any atom is -0.480 e. The first-order valence-corrected chi connectivity index (χ1v) is 13.4. The topological polar surface area (TPSA) is 110 Å². The van der Waals surface area contributed by atoms with Gasteiger partial charge in [-0.05, 0) is 49.4 Å². The summed E-state index contributed by atoms with van der Waals surface area (Å²) < 4.78 is 7.00. The summed E-state index contributed by atoms with van der Waals surface area (Å²) >= 11 is 0. The Balaban J connectivity index is 1.48. The number of para-hydroxylation sites is 1. The smallest absolute Gasteiger partial charge is 0.320 e. The average molecular weight is 539 g/mol. The predicted octanol–water partition coefficient (Wildman–Crippen LogP) is 5.31. The lowest BCUT2D eigenvalue weighted by Gasteiger charge is -2.22. The van der Waals surface area contributed by atoms with E-state index in [0.717, 1.165) is 24.1 Å². The Labute approximate surface area is 234 Å². The number of rotatable bonds is 7. The molecule has 0 bridgehead atoms. The van der Waals surface area contributed by atoms with Gasteiger partial charge in [-0.3, -0.25) is 10.1 Å². The van der Waals surface area contributed by atoms with Gasteiger partial charge in [0.1, 0.15) is 11.4 Å². The lowest BCUT2D eigenvalue weighted by molar-refractivity contribution is 0.0959. The molecule has 2 aromatic heterocycles. The largest absolute Gasteiger partial charge is 0.480 e. The molecule has 1 aliphatic carbocycles. The lowest BCUT2D eigenvalue weighted by atomic mass is 9.94. The standard InChI is InChI=1S/C31H34N6O3/c1-19-15-24(21-11-7-5-8-12-21)26(16-19)34-31(39)35-28-20(2)27(36-37(28)23-13-9-6-10-14-23)22-17-25(29(38)32-3)30(40-4)33-18-22/h5-14,17-19,24,26H,15-16H2,1-4H3,(H,32,38)(H2,34,35,39)/t19-,24-,26+/m0/s1. The third-order valence-corrected chi connectivity index (χ3v) is 7.49. The number of nitrogens with zero attached hydrogens (tertiary/aromatic N) is 3. The number of hydrogen-bond donors (Lipinski definition) is 3. The summed E-state index contributed by atoms with van der Waals surface area (Å²) in [6.07, 6.45) is 3.55. The van der Waals surface area contributed by atoms with Gasteiger partial charge < -0.3 is 15.4 Å². The van der Waals surface area contributed by atoms with Crippen LogP contribution in [0.15, 0.2) is 72.9 Å². The number of ether oxygens (including phenoxy) is 1. The van der Waals surface area contributed by atoms with Crippen LogP contribution in [-0.2, 0) is 0 Å². The van der Waals surface area contributed by atoms with Gasteiger partial charge in [-0.25, -0.2) is 14.5 Å². The van der Waals surface area contributed by atoms with E-state index >= 15 is 0 Å². The van der Waals surface area contributed by atoms with Gasteiger partial charge in [-0.1, -0.05) is 55.5 Å². The van der Waals surface area contributed by atoms with Crippen LogP contribution in [0.25, 0.3) is 16.9 Å². The fraction of sp³-hybridized carbons (Fsp3) is 0.290. The van der Waals surface area contributed by atoms with Crippen molar-refractivity contribution in [3.8, 4) is 22.8 Å². The zero-order valence-corrected chi connectivity index (χ0v) is 23.1. The maximum absolute atomic E-state index is 13.5. The maximum atomic E-state index is 13.5. The zero-order chi connectivity index (χ0) is 28.2. The zero-order valence-electron chi connectivity index (χ0n) is 23.1. The van der Waals surface area contributed by atoms with Crippen molar-refractivity contribution in [3.63, 3.8) is 0 Å². The Bertz CT molecular complexity index is 1500. The molecule has 0 spiro atoms. The van der Waals surface area contributed by atoms with Crippen LogP contribution < -0.4 is 20.7 Å². The summed E-state index contributed by atoms with van der Waals surface area (Å²) in [5, 5.41) is 13.8. The molecule has 1 aliphatic rings. The first kappa shape index (κ1) is 26.9. The number of amides is 3. The molecule has 3 N–H and O–H groups in total. The normalized spacial score (nSPS) is 18.2. The van der Waals surface area contributed by atoms with Crippen LogP contribution in [0.3, 0.4) is 0 Å². The van der Waals surface area contributed by atoms with Crippen molar-refractivity contribution < 1.29 is 14.3 Å². The van der Waals surface area contributed by atoms with Crippen LogP contribution in [0.5, 0.6) is 5.88 Å². The average Bonchev–Trinajstić information content (AvgIpc) is 3.51. The second kappa shape index (κ2) is 11.6. The Hall–Kier alpha value is -4.66. The van der Waals surface area contributed by atoms with E-state index in [2.05, 4.69) is 40.0 Å². The molecule has 5 rings (SSSR count). The summed E-state index contributed by atoms with van der Waals surface area (Å²) in [6.45, 7) is 4.12. The van der Waals surface area contributed by atoms with E-state index in [0.29, 0.717) is 28.6 Å². The molecule has 40 heavy (non-hydrogen) atoms. The fourth-order valence-corrected chi connectivity index (χ4v) is 5.55. The van der Waals surface area contributed by atoms with Crippen molar-refractivity contribution in [2.45, 2.75) is 38.6 Å². The van der Waals surface area contributed by atoms with E-state index in [1.165, 1.54) is 12.7 Å². The molecule has 9 nitrogen and oxygen atoms in total. The number of benzene rings is 2. The molecule has 0 saturated heterocycles. The molecule has 2 heterocycles. The van der Waals surface area contributed by atoms with Gasteiger partial charge in [0, 0.05) is 36.3 Å². The Morgan fingerprint density at radius 2 is 1.73 bits per heavy atom. The lowest BCUT2D eigenvalue weighted by Crippen LogP contribution is -2.39. The number of aromatic nitrogens is 3. The summed E-state index contributed by atoms with van der Waals surface area (Å²) in [5.41, 5.74) is 4.29. The molecule has 3 atom stereocenters. The number of hydrogen-bond acceptors (Lipinski definition) is 5. The number of carbonyl (C=O) groups excluding carboxylic acids is 2. The molecule has 0 radical (unpaired) electrons. The predicted molar refractivity (Wildman–Crippen MR) is 155 cm³/mol. The first-order valence-electron chi connectivity index (χ1n) is 13.4. The second-order valence-corrected chi connectivity index (χ2v) is 10.2. The van der Waals surface area contributed by atoms with Crippen molar-refractivity contribution in [1.82, 2.24) is 25.4 Å². The van der Waals surface area contributed by atoms with Gasteiger partial charge in [-0.2, -0.15) is 5.10 Å². The third kappa shape index (κ3) is 5.40. The monoisotopic (exact) mass is 538 g/mol. The Morgan fingerprint density at radius 3 is 2.40 bits per heavy atom.